The zero-order chi connectivity index (χ0) is 32.3. The molecule has 3 aliphatic heterocycles. The molecule has 2 fully saturated rings. The van der Waals surface area contributed by atoms with Gasteiger partial charge in [0.2, 0.25) is 0 Å². The van der Waals surface area contributed by atoms with Gasteiger partial charge in [-0.3, -0.25) is 14.3 Å². The molecular weight excluding hydrogens is 602 g/mol. The molecule has 3 aromatic rings. The Hall–Kier alpha value is -3.49. The summed E-state index contributed by atoms with van der Waals surface area (Å²) in [5, 5.41) is 7.01. The smallest absolute Gasteiger partial charge is 0.379 e. The second-order valence-electron chi connectivity index (χ2n) is 12.5. The van der Waals surface area contributed by atoms with E-state index in [1.165, 1.54) is 11.0 Å². The molecule has 45 heavy (non-hydrogen) atoms. The minimum absolute atomic E-state index is 0.0180. The molecule has 242 valence electrons. The fourth-order valence-electron chi connectivity index (χ4n) is 6.67. The van der Waals surface area contributed by atoms with Crippen molar-refractivity contribution in [3.63, 3.8) is 0 Å². The van der Waals surface area contributed by atoms with Crippen molar-refractivity contribution in [2.45, 2.75) is 57.3 Å². The molecule has 6 rings (SSSR count). The molecule has 8 nitrogen and oxygen atoms in total. The highest BCUT2D eigenvalue weighted by Gasteiger charge is 2.51. The van der Waals surface area contributed by atoms with Crippen LogP contribution in [0.5, 0.6) is 0 Å². The Morgan fingerprint density at radius 1 is 1.09 bits per heavy atom. The summed E-state index contributed by atoms with van der Waals surface area (Å²) < 4.78 is 91.8. The Labute approximate surface area is 256 Å². The van der Waals surface area contributed by atoms with Crippen LogP contribution in [0, 0.1) is 5.92 Å². The Morgan fingerprint density at radius 3 is 2.49 bits per heavy atom. The van der Waals surface area contributed by atoms with E-state index in [2.05, 4.69) is 33.8 Å². The number of piperazine rings is 1. The van der Waals surface area contributed by atoms with Gasteiger partial charge in [0.1, 0.15) is 6.33 Å². The average molecular weight is 637 g/mol. The number of carbonyl (C=O) groups is 1. The number of hydrogen-bond donors (Lipinski definition) is 0. The number of fused-ring (bicyclic) bond motifs is 1. The first-order chi connectivity index (χ1) is 21.3. The summed E-state index contributed by atoms with van der Waals surface area (Å²) in [5.74, 6) is -0.874. The zero-order valence-electron chi connectivity index (χ0n) is 25.1. The second-order valence-corrected chi connectivity index (χ2v) is 12.5. The van der Waals surface area contributed by atoms with Crippen LogP contribution < -0.4 is 4.90 Å². The van der Waals surface area contributed by atoms with Crippen LogP contribution >= 0.6 is 0 Å². The summed E-state index contributed by atoms with van der Waals surface area (Å²) in [7, 11) is 2.02. The van der Waals surface area contributed by atoms with Crippen LogP contribution in [-0.4, -0.2) is 76.4 Å². The van der Waals surface area contributed by atoms with Crippen molar-refractivity contribution in [2.24, 2.45) is 5.92 Å². The summed E-state index contributed by atoms with van der Waals surface area (Å²) >= 11 is 0. The maximum absolute atomic E-state index is 15.9. The van der Waals surface area contributed by atoms with Gasteiger partial charge in [0.05, 0.1) is 30.7 Å². The van der Waals surface area contributed by atoms with E-state index < -0.39 is 41.6 Å². The Balaban J connectivity index is 1.32. The lowest BCUT2D eigenvalue weighted by atomic mass is 9.74. The minimum Gasteiger partial charge on any atom is -0.379 e. The third-order valence-electron chi connectivity index (χ3n) is 9.27. The summed E-state index contributed by atoms with van der Waals surface area (Å²) in [5.41, 5.74) is -1.36. The normalized spacial score (nSPS) is 21.4. The number of nitrogens with zero attached hydrogens (tertiary/aromatic N) is 6. The van der Waals surface area contributed by atoms with E-state index in [-0.39, 0.29) is 55.1 Å². The van der Waals surface area contributed by atoms with Gasteiger partial charge in [0.25, 0.3) is 5.91 Å². The van der Waals surface area contributed by atoms with E-state index in [0.29, 0.717) is 22.2 Å². The topological polar surface area (TPSA) is 66.7 Å². The number of amides is 1. The van der Waals surface area contributed by atoms with Gasteiger partial charge in [-0.2, -0.15) is 22.0 Å². The molecule has 2 atom stereocenters. The maximum Gasteiger partial charge on any atom is 0.416 e. The van der Waals surface area contributed by atoms with E-state index in [1.54, 1.807) is 24.3 Å². The third-order valence-corrected chi connectivity index (χ3v) is 9.27. The molecule has 0 spiro atoms. The fraction of sp³-hybridized carbons (Fsp3) is 0.516. The zero-order valence-corrected chi connectivity index (χ0v) is 25.1. The SMILES string of the molecule is CC(C)[C@H]1CN(C)CCN1Cc1cc2c(c(C(F)(F)F)c1)CN(c1cccc(C3([C@H](F)c4nncn4C(F)F)COC3)c1)C2=O. The highest BCUT2D eigenvalue weighted by atomic mass is 19.4. The van der Waals surface area contributed by atoms with Crippen molar-refractivity contribution in [1.29, 1.82) is 0 Å². The molecule has 3 aliphatic rings. The van der Waals surface area contributed by atoms with E-state index in [4.69, 9.17) is 4.74 Å². The molecule has 1 amide bonds. The summed E-state index contributed by atoms with van der Waals surface area (Å²) in [4.78, 5) is 19.4. The van der Waals surface area contributed by atoms with Gasteiger partial charge in [-0.1, -0.05) is 26.0 Å². The Bertz CT molecular complexity index is 1570. The van der Waals surface area contributed by atoms with Gasteiger partial charge < -0.3 is 14.5 Å². The van der Waals surface area contributed by atoms with Gasteiger partial charge in [0.15, 0.2) is 12.0 Å². The van der Waals surface area contributed by atoms with Crippen LogP contribution in [0.1, 0.15) is 65.0 Å². The summed E-state index contributed by atoms with van der Waals surface area (Å²) in [6.07, 6.45) is -5.96. The van der Waals surface area contributed by atoms with Gasteiger partial charge in [0, 0.05) is 43.5 Å². The molecule has 2 saturated heterocycles. The van der Waals surface area contributed by atoms with Crippen LogP contribution in [0.2, 0.25) is 0 Å². The standard InChI is InChI=1S/C31H34F6N6O2/c1-18(2)25-14-40(3)7-8-41(25)12-19-9-22-23(24(10-19)31(35,36)37)13-42(28(22)44)21-6-4-5-20(11-21)30(15-45-16-30)26(32)27-39-38-17-43(27)29(33)34/h4-6,9-11,17-18,25-26,29H,7-8,12-16H2,1-3H3/t25-,26-/m1/s1. The summed E-state index contributed by atoms with van der Waals surface area (Å²) in [6.45, 7) is 3.06. The minimum atomic E-state index is -4.69. The van der Waals surface area contributed by atoms with Crippen LogP contribution in [0.4, 0.5) is 32.0 Å². The monoisotopic (exact) mass is 636 g/mol. The van der Waals surface area contributed by atoms with E-state index in [9.17, 15) is 26.7 Å². The van der Waals surface area contributed by atoms with Gasteiger partial charge in [-0.05, 0) is 53.9 Å². The second kappa shape index (κ2) is 11.7. The molecule has 2 aromatic carbocycles. The number of carbonyl (C=O) groups excluding carboxylic acids is 1. The number of halogens is 6. The number of likely N-dealkylation sites (N-methyl/N-ethyl adjacent to an activating group) is 1. The number of alkyl halides is 6. The molecule has 1 aromatic heterocycles. The number of anilines is 1. The van der Waals surface area contributed by atoms with Crippen molar-refractivity contribution in [2.75, 3.05) is 44.8 Å². The lowest BCUT2D eigenvalue weighted by Gasteiger charge is -2.44. The van der Waals surface area contributed by atoms with E-state index in [0.717, 1.165) is 25.5 Å². The van der Waals surface area contributed by atoms with Crippen molar-refractivity contribution >= 4 is 11.6 Å². The fourth-order valence-corrected chi connectivity index (χ4v) is 6.67. The first-order valence-electron chi connectivity index (χ1n) is 14.8. The van der Waals surface area contributed by atoms with Crippen LogP contribution in [0.15, 0.2) is 42.7 Å². The molecule has 0 N–H and O–H groups in total. The lowest BCUT2D eigenvalue weighted by molar-refractivity contribution is -0.138. The molecule has 0 radical (unpaired) electrons. The number of ether oxygens (including phenoxy) is 1. The predicted molar refractivity (Wildman–Crippen MR) is 153 cm³/mol. The maximum atomic E-state index is 15.9. The average Bonchev–Trinajstić information content (AvgIpc) is 3.58. The molecule has 0 unspecified atom stereocenters. The predicted octanol–water partition coefficient (Wildman–Crippen LogP) is 5.60. The molecule has 14 heteroatoms. The first kappa shape index (κ1) is 31.5. The van der Waals surface area contributed by atoms with Gasteiger partial charge in [-0.15, -0.1) is 10.2 Å². The molecule has 0 aliphatic carbocycles. The third kappa shape index (κ3) is 5.61. The first-order valence-corrected chi connectivity index (χ1v) is 14.8. The van der Waals surface area contributed by atoms with Crippen molar-refractivity contribution < 1.29 is 35.9 Å². The summed E-state index contributed by atoms with van der Waals surface area (Å²) in [6, 6.07) is 9.06. The highest BCUT2D eigenvalue weighted by Crippen LogP contribution is 2.47. The number of aromatic nitrogens is 3. The van der Waals surface area contributed by atoms with Gasteiger partial charge in [-0.25, -0.2) is 4.39 Å². The van der Waals surface area contributed by atoms with Crippen LogP contribution in [-0.2, 0) is 29.4 Å². The highest BCUT2D eigenvalue weighted by molar-refractivity contribution is 6.10. The van der Waals surface area contributed by atoms with Crippen molar-refractivity contribution in [1.82, 2.24) is 24.6 Å². The quantitative estimate of drug-likeness (QED) is 0.300. The Kier molecular flexibility index (Phi) is 8.19. The van der Waals surface area contributed by atoms with Crippen LogP contribution in [0.3, 0.4) is 0 Å². The number of hydrogen-bond acceptors (Lipinski definition) is 6. The van der Waals surface area contributed by atoms with Crippen LogP contribution in [0.25, 0.3) is 0 Å². The molecule has 4 heterocycles. The van der Waals surface area contributed by atoms with E-state index in [1.807, 2.05) is 7.05 Å². The molecular formula is C31H34F6N6O2. The Morgan fingerprint density at radius 2 is 1.84 bits per heavy atom. The van der Waals surface area contributed by atoms with E-state index >= 15 is 4.39 Å². The van der Waals surface area contributed by atoms with Gasteiger partial charge >= 0.3 is 12.7 Å². The lowest BCUT2D eigenvalue weighted by Crippen LogP contribution is -2.53. The number of benzene rings is 2. The van der Waals surface area contributed by atoms with Crippen molar-refractivity contribution in [3.05, 3.63) is 76.4 Å². The number of rotatable bonds is 8. The van der Waals surface area contributed by atoms with Crippen molar-refractivity contribution in [3.8, 4) is 0 Å². The molecule has 0 saturated carbocycles. The molecule has 0 bridgehead atoms. The largest absolute Gasteiger partial charge is 0.416 e.